The number of benzene rings is 1. The predicted octanol–water partition coefficient (Wildman–Crippen LogP) is 2.40. The maximum absolute atomic E-state index is 12.4. The summed E-state index contributed by atoms with van der Waals surface area (Å²) in [4.78, 5) is 26.0. The number of likely N-dealkylation sites (tertiary alicyclic amines) is 1. The van der Waals surface area contributed by atoms with E-state index >= 15 is 0 Å². The first kappa shape index (κ1) is 15.3. The van der Waals surface area contributed by atoms with E-state index < -0.39 is 0 Å². The highest BCUT2D eigenvalue weighted by molar-refractivity contribution is 6.30. The molecule has 2 aliphatic rings. The zero-order valence-electron chi connectivity index (χ0n) is 12.8. The number of amides is 2. The van der Waals surface area contributed by atoms with E-state index in [9.17, 15) is 9.59 Å². The van der Waals surface area contributed by atoms with Crippen LogP contribution in [0.3, 0.4) is 0 Å². The summed E-state index contributed by atoms with van der Waals surface area (Å²) in [6.45, 7) is 3.18. The fourth-order valence-electron chi connectivity index (χ4n) is 3.11. The molecule has 22 heavy (non-hydrogen) atoms. The lowest BCUT2D eigenvalue weighted by Gasteiger charge is -2.20. The summed E-state index contributed by atoms with van der Waals surface area (Å²) >= 11 is 5.90. The Kier molecular flexibility index (Phi) is 4.13. The van der Waals surface area contributed by atoms with Crippen LogP contribution in [0.4, 0.5) is 0 Å². The Bertz CT molecular complexity index is 581. The van der Waals surface area contributed by atoms with E-state index in [4.69, 9.17) is 11.6 Å². The molecular weight excluding hydrogens is 300 g/mol. The summed E-state index contributed by atoms with van der Waals surface area (Å²) in [5.74, 6) is -0.0869. The minimum atomic E-state index is -0.199. The van der Waals surface area contributed by atoms with Crippen LogP contribution in [0.1, 0.15) is 31.7 Å². The molecule has 2 fully saturated rings. The quantitative estimate of drug-likeness (QED) is 0.905. The Morgan fingerprint density at radius 1 is 1.36 bits per heavy atom. The summed E-state index contributed by atoms with van der Waals surface area (Å²) in [5, 5.41) is 3.91. The van der Waals surface area contributed by atoms with Crippen molar-refractivity contribution < 1.29 is 9.59 Å². The van der Waals surface area contributed by atoms with E-state index in [0.717, 1.165) is 24.3 Å². The van der Waals surface area contributed by atoms with Crippen LogP contribution in [-0.2, 0) is 16.0 Å². The van der Waals surface area contributed by atoms with Gasteiger partial charge in [-0.15, -0.1) is 0 Å². The monoisotopic (exact) mass is 320 g/mol. The number of halogens is 1. The summed E-state index contributed by atoms with van der Waals surface area (Å²) in [6.07, 6.45) is 3.17. The maximum Gasteiger partial charge on any atom is 0.225 e. The average Bonchev–Trinajstić information content (AvgIpc) is 3.13. The van der Waals surface area contributed by atoms with E-state index in [0.29, 0.717) is 19.5 Å². The molecule has 2 amide bonds. The number of rotatable bonds is 5. The number of carbonyl (C=O) groups excluding carboxylic acids is 2. The van der Waals surface area contributed by atoms with Crippen molar-refractivity contribution in [3.8, 4) is 0 Å². The molecule has 1 heterocycles. The molecule has 1 aliphatic heterocycles. The fourth-order valence-corrected chi connectivity index (χ4v) is 3.23. The van der Waals surface area contributed by atoms with Gasteiger partial charge in [-0.3, -0.25) is 9.59 Å². The zero-order valence-corrected chi connectivity index (χ0v) is 13.5. The second-order valence-electron chi connectivity index (χ2n) is 6.41. The predicted molar refractivity (Wildman–Crippen MR) is 85.6 cm³/mol. The van der Waals surface area contributed by atoms with Crippen molar-refractivity contribution in [2.45, 2.75) is 38.1 Å². The second kappa shape index (κ2) is 5.92. The number of hydrogen-bond donors (Lipinski definition) is 1. The number of nitrogens with zero attached hydrogens (tertiary/aromatic N) is 1. The highest BCUT2D eigenvalue weighted by Gasteiger charge is 2.46. The van der Waals surface area contributed by atoms with Gasteiger partial charge in [0.25, 0.3) is 0 Å². The highest BCUT2D eigenvalue weighted by Crippen LogP contribution is 2.39. The lowest BCUT2D eigenvalue weighted by molar-refractivity contribution is -0.129. The van der Waals surface area contributed by atoms with Crippen LogP contribution in [0.15, 0.2) is 24.3 Å². The normalized spacial score (nSPS) is 22.7. The molecule has 0 aromatic heterocycles. The molecule has 1 atom stereocenters. The van der Waals surface area contributed by atoms with Gasteiger partial charge in [0.15, 0.2) is 0 Å². The van der Waals surface area contributed by atoms with Crippen LogP contribution in [0.2, 0.25) is 5.02 Å². The minimum absolute atomic E-state index is 0.0239. The van der Waals surface area contributed by atoms with Crippen LogP contribution < -0.4 is 5.32 Å². The third-order valence-corrected chi connectivity index (χ3v) is 4.92. The number of carbonyl (C=O) groups is 2. The Morgan fingerprint density at radius 2 is 2.05 bits per heavy atom. The van der Waals surface area contributed by atoms with Gasteiger partial charge < -0.3 is 10.2 Å². The smallest absolute Gasteiger partial charge is 0.225 e. The van der Waals surface area contributed by atoms with E-state index in [-0.39, 0.29) is 23.3 Å². The molecular formula is C17H21ClN2O2. The molecule has 1 saturated carbocycles. The third-order valence-electron chi connectivity index (χ3n) is 4.66. The average molecular weight is 321 g/mol. The molecule has 1 aromatic carbocycles. The lowest BCUT2D eigenvalue weighted by Crippen LogP contribution is -2.42. The van der Waals surface area contributed by atoms with Crippen LogP contribution in [0.25, 0.3) is 0 Å². The second-order valence-corrected chi connectivity index (χ2v) is 6.84. The van der Waals surface area contributed by atoms with Gasteiger partial charge in [0.2, 0.25) is 11.8 Å². The van der Waals surface area contributed by atoms with Crippen molar-refractivity contribution in [3.63, 3.8) is 0 Å². The summed E-state index contributed by atoms with van der Waals surface area (Å²) in [5.41, 5.74) is 1.06. The van der Waals surface area contributed by atoms with Gasteiger partial charge >= 0.3 is 0 Å². The minimum Gasteiger partial charge on any atom is -0.350 e. The Labute approximate surface area is 135 Å². The molecule has 1 aliphatic carbocycles. The van der Waals surface area contributed by atoms with Crippen molar-refractivity contribution >= 4 is 23.4 Å². The summed E-state index contributed by atoms with van der Waals surface area (Å²) in [6, 6.07) is 7.77. The first-order valence-electron chi connectivity index (χ1n) is 7.85. The third kappa shape index (κ3) is 3.27. The zero-order chi connectivity index (χ0) is 15.7. The lowest BCUT2D eigenvalue weighted by atomic mass is 10.0. The maximum atomic E-state index is 12.4. The largest absolute Gasteiger partial charge is 0.350 e. The van der Waals surface area contributed by atoms with Crippen LogP contribution in [0, 0.1) is 5.92 Å². The van der Waals surface area contributed by atoms with E-state index in [1.165, 1.54) is 5.56 Å². The van der Waals surface area contributed by atoms with Crippen LogP contribution in [-0.4, -0.2) is 35.3 Å². The van der Waals surface area contributed by atoms with Crippen LogP contribution in [0.5, 0.6) is 0 Å². The fraction of sp³-hybridized carbons (Fsp3) is 0.529. The molecule has 1 saturated heterocycles. The first-order valence-corrected chi connectivity index (χ1v) is 8.23. The molecule has 1 unspecified atom stereocenters. The molecule has 4 nitrogen and oxygen atoms in total. The highest BCUT2D eigenvalue weighted by atomic mass is 35.5. The molecule has 0 bridgehead atoms. The summed E-state index contributed by atoms with van der Waals surface area (Å²) < 4.78 is 0. The van der Waals surface area contributed by atoms with Crippen molar-refractivity contribution in [2.75, 3.05) is 13.1 Å². The molecule has 0 radical (unpaired) electrons. The molecule has 1 aromatic rings. The van der Waals surface area contributed by atoms with Gasteiger partial charge in [-0.2, -0.15) is 0 Å². The number of nitrogens with one attached hydrogen (secondary N) is 1. The SMILES string of the molecule is CCN1CC(C(=O)NC2(Cc3ccc(Cl)cc3)CC2)CC1=O. The summed E-state index contributed by atoms with van der Waals surface area (Å²) in [7, 11) is 0. The van der Waals surface area contributed by atoms with Gasteiger partial charge in [-0.1, -0.05) is 23.7 Å². The number of hydrogen-bond acceptors (Lipinski definition) is 2. The van der Waals surface area contributed by atoms with Crippen molar-refractivity contribution in [1.82, 2.24) is 10.2 Å². The molecule has 1 N–H and O–H groups in total. The molecule has 3 rings (SSSR count). The Morgan fingerprint density at radius 3 is 2.59 bits per heavy atom. The van der Waals surface area contributed by atoms with E-state index in [1.54, 1.807) is 4.90 Å². The van der Waals surface area contributed by atoms with Gasteiger partial charge in [0.1, 0.15) is 0 Å². The van der Waals surface area contributed by atoms with Crippen LogP contribution >= 0.6 is 11.6 Å². The molecule has 0 spiro atoms. The van der Waals surface area contributed by atoms with E-state index in [1.807, 2.05) is 31.2 Å². The Balaban J connectivity index is 1.59. The van der Waals surface area contributed by atoms with E-state index in [2.05, 4.69) is 5.32 Å². The topological polar surface area (TPSA) is 49.4 Å². The molecule has 118 valence electrons. The van der Waals surface area contributed by atoms with Crippen molar-refractivity contribution in [3.05, 3.63) is 34.9 Å². The Hall–Kier alpha value is -1.55. The van der Waals surface area contributed by atoms with Gasteiger partial charge in [-0.05, 0) is 43.9 Å². The standard InChI is InChI=1S/C17H21ClN2O2/c1-2-20-11-13(9-15(20)21)16(22)19-17(7-8-17)10-12-3-5-14(18)6-4-12/h3-6,13H,2,7-11H2,1H3,(H,19,22). The first-order chi connectivity index (χ1) is 10.5. The van der Waals surface area contributed by atoms with Crippen molar-refractivity contribution in [1.29, 1.82) is 0 Å². The van der Waals surface area contributed by atoms with Gasteiger partial charge in [-0.25, -0.2) is 0 Å². The molecule has 5 heteroatoms. The van der Waals surface area contributed by atoms with Gasteiger partial charge in [0.05, 0.1) is 5.92 Å². The van der Waals surface area contributed by atoms with Gasteiger partial charge in [0, 0.05) is 30.1 Å². The van der Waals surface area contributed by atoms with Crippen molar-refractivity contribution in [2.24, 2.45) is 5.92 Å².